The molecule has 0 radical (unpaired) electrons. The lowest BCUT2D eigenvalue weighted by molar-refractivity contribution is -0.137. The Morgan fingerprint density at radius 2 is 2.35 bits per heavy atom. The van der Waals surface area contributed by atoms with Crippen molar-refractivity contribution >= 4 is 5.97 Å². The highest BCUT2D eigenvalue weighted by molar-refractivity contribution is 5.66. The van der Waals surface area contributed by atoms with E-state index < -0.39 is 5.97 Å². The van der Waals surface area contributed by atoms with Crippen LogP contribution in [0.15, 0.2) is 24.5 Å². The number of aromatic nitrogens is 5. The molecule has 0 aromatic carbocycles. The van der Waals surface area contributed by atoms with E-state index in [0.717, 1.165) is 5.56 Å². The standard InChI is InChI=1S/C10H11N5O2/c16-9(17)4-2-6-15-10(12-13-14-15)8-3-1-5-11-7-8/h1,3,5,7H,2,4,6H2,(H,16,17). The predicted molar refractivity (Wildman–Crippen MR) is 57.9 cm³/mol. The molecule has 1 N–H and O–H groups in total. The van der Waals surface area contributed by atoms with Crippen LogP contribution >= 0.6 is 0 Å². The Bertz CT molecular complexity index is 496. The summed E-state index contributed by atoms with van der Waals surface area (Å²) in [7, 11) is 0. The number of nitrogens with zero attached hydrogens (tertiary/aromatic N) is 5. The first kappa shape index (κ1) is 11.2. The number of carboxylic acids is 1. The van der Waals surface area contributed by atoms with Gasteiger partial charge < -0.3 is 5.11 Å². The molecule has 0 saturated carbocycles. The quantitative estimate of drug-likeness (QED) is 0.812. The summed E-state index contributed by atoms with van der Waals surface area (Å²) in [5.41, 5.74) is 0.813. The molecule has 2 aromatic rings. The Kier molecular flexibility index (Phi) is 3.39. The van der Waals surface area contributed by atoms with E-state index in [4.69, 9.17) is 5.11 Å². The largest absolute Gasteiger partial charge is 0.481 e. The molecule has 0 saturated heterocycles. The van der Waals surface area contributed by atoms with Crippen molar-refractivity contribution in [1.29, 1.82) is 0 Å². The van der Waals surface area contributed by atoms with Crippen molar-refractivity contribution in [1.82, 2.24) is 25.2 Å². The lowest BCUT2D eigenvalue weighted by atomic mass is 10.2. The minimum atomic E-state index is -0.819. The average molecular weight is 233 g/mol. The second-order valence-electron chi connectivity index (χ2n) is 3.46. The zero-order valence-corrected chi connectivity index (χ0v) is 9.02. The second-order valence-corrected chi connectivity index (χ2v) is 3.46. The molecule has 0 unspecified atom stereocenters. The van der Waals surface area contributed by atoms with E-state index in [-0.39, 0.29) is 6.42 Å². The van der Waals surface area contributed by atoms with Crippen LogP contribution < -0.4 is 0 Å². The number of hydrogen-bond donors (Lipinski definition) is 1. The topological polar surface area (TPSA) is 93.8 Å². The lowest BCUT2D eigenvalue weighted by Gasteiger charge is -2.02. The maximum atomic E-state index is 10.4. The normalized spacial score (nSPS) is 10.4. The Hall–Kier alpha value is -2.31. The number of rotatable bonds is 5. The number of aliphatic carboxylic acids is 1. The van der Waals surface area contributed by atoms with E-state index in [1.807, 2.05) is 6.07 Å². The van der Waals surface area contributed by atoms with E-state index in [9.17, 15) is 4.79 Å². The van der Waals surface area contributed by atoms with Gasteiger partial charge in [-0.25, -0.2) is 4.68 Å². The molecule has 0 bridgehead atoms. The van der Waals surface area contributed by atoms with Gasteiger partial charge in [-0.15, -0.1) is 5.10 Å². The van der Waals surface area contributed by atoms with E-state index in [2.05, 4.69) is 20.5 Å². The van der Waals surface area contributed by atoms with E-state index in [1.54, 1.807) is 23.1 Å². The molecule has 0 aliphatic heterocycles. The first-order valence-corrected chi connectivity index (χ1v) is 5.16. The van der Waals surface area contributed by atoms with Crippen molar-refractivity contribution in [2.45, 2.75) is 19.4 Å². The number of tetrazole rings is 1. The summed E-state index contributed by atoms with van der Waals surface area (Å²) in [5.74, 6) is -0.218. The molecule has 0 aliphatic carbocycles. The monoisotopic (exact) mass is 233 g/mol. The van der Waals surface area contributed by atoms with Gasteiger partial charge in [0.1, 0.15) is 0 Å². The van der Waals surface area contributed by atoms with Gasteiger partial charge in [0, 0.05) is 30.9 Å². The summed E-state index contributed by atoms with van der Waals surface area (Å²) < 4.78 is 1.58. The van der Waals surface area contributed by atoms with Gasteiger partial charge in [0.2, 0.25) is 0 Å². The van der Waals surface area contributed by atoms with Crippen LogP contribution in [0.1, 0.15) is 12.8 Å². The zero-order valence-electron chi connectivity index (χ0n) is 9.02. The van der Waals surface area contributed by atoms with Gasteiger partial charge in [-0.05, 0) is 29.0 Å². The van der Waals surface area contributed by atoms with Gasteiger partial charge in [0.15, 0.2) is 5.82 Å². The smallest absolute Gasteiger partial charge is 0.303 e. The third kappa shape index (κ3) is 2.83. The number of pyridine rings is 1. The third-order valence-electron chi connectivity index (χ3n) is 2.21. The van der Waals surface area contributed by atoms with Crippen LogP contribution in [0.4, 0.5) is 0 Å². The maximum absolute atomic E-state index is 10.4. The van der Waals surface area contributed by atoms with Gasteiger partial charge in [-0.1, -0.05) is 0 Å². The van der Waals surface area contributed by atoms with Crippen LogP contribution in [0.5, 0.6) is 0 Å². The summed E-state index contributed by atoms with van der Waals surface area (Å²) in [6.45, 7) is 0.476. The lowest BCUT2D eigenvalue weighted by Crippen LogP contribution is -2.05. The maximum Gasteiger partial charge on any atom is 0.303 e. The first-order valence-electron chi connectivity index (χ1n) is 5.16. The molecule has 7 heteroatoms. The van der Waals surface area contributed by atoms with Gasteiger partial charge in [0.25, 0.3) is 0 Å². The third-order valence-corrected chi connectivity index (χ3v) is 2.21. The van der Waals surface area contributed by atoms with Crippen molar-refractivity contribution in [3.05, 3.63) is 24.5 Å². The molecule has 0 aliphatic rings. The zero-order chi connectivity index (χ0) is 12.1. The molecule has 0 atom stereocenters. The average Bonchev–Trinajstić information content (AvgIpc) is 2.78. The van der Waals surface area contributed by atoms with E-state index in [0.29, 0.717) is 18.8 Å². The Labute approximate surface area is 97.1 Å². The number of carboxylic acid groups (broad SMARTS) is 1. The van der Waals surface area contributed by atoms with Crippen LogP contribution in [0.25, 0.3) is 11.4 Å². The van der Waals surface area contributed by atoms with Crippen molar-refractivity contribution < 1.29 is 9.90 Å². The van der Waals surface area contributed by atoms with E-state index >= 15 is 0 Å². The minimum Gasteiger partial charge on any atom is -0.481 e. The number of aryl methyl sites for hydroxylation is 1. The summed E-state index contributed by atoms with van der Waals surface area (Å²) in [5, 5.41) is 19.9. The molecule has 0 amide bonds. The van der Waals surface area contributed by atoms with Crippen LogP contribution in [-0.4, -0.2) is 36.3 Å². The van der Waals surface area contributed by atoms with Gasteiger partial charge in [-0.3, -0.25) is 9.78 Å². The fourth-order valence-corrected chi connectivity index (χ4v) is 1.44. The second kappa shape index (κ2) is 5.15. The predicted octanol–water partition coefficient (Wildman–Crippen LogP) is 0.600. The van der Waals surface area contributed by atoms with Gasteiger partial charge in [0.05, 0.1) is 0 Å². The summed E-state index contributed by atoms with van der Waals surface area (Å²) in [6, 6.07) is 3.65. The molecular weight excluding hydrogens is 222 g/mol. The molecule has 17 heavy (non-hydrogen) atoms. The Morgan fingerprint density at radius 3 is 3.06 bits per heavy atom. The molecule has 2 heterocycles. The van der Waals surface area contributed by atoms with Crippen LogP contribution in [0, 0.1) is 0 Å². The molecule has 0 spiro atoms. The van der Waals surface area contributed by atoms with Crippen LogP contribution in [0.2, 0.25) is 0 Å². The molecular formula is C10H11N5O2. The number of hydrogen-bond acceptors (Lipinski definition) is 5. The molecule has 2 aromatic heterocycles. The van der Waals surface area contributed by atoms with Crippen molar-refractivity contribution in [2.75, 3.05) is 0 Å². The van der Waals surface area contributed by atoms with E-state index in [1.165, 1.54) is 0 Å². The molecule has 7 nitrogen and oxygen atoms in total. The van der Waals surface area contributed by atoms with Gasteiger partial charge in [-0.2, -0.15) is 0 Å². The fraction of sp³-hybridized carbons (Fsp3) is 0.300. The van der Waals surface area contributed by atoms with Crippen molar-refractivity contribution in [2.24, 2.45) is 0 Å². The van der Waals surface area contributed by atoms with Crippen molar-refractivity contribution in [3.8, 4) is 11.4 Å². The van der Waals surface area contributed by atoms with Crippen LogP contribution in [-0.2, 0) is 11.3 Å². The van der Waals surface area contributed by atoms with Gasteiger partial charge >= 0.3 is 5.97 Å². The fourth-order valence-electron chi connectivity index (χ4n) is 1.44. The molecule has 0 fully saturated rings. The molecule has 2 rings (SSSR count). The highest BCUT2D eigenvalue weighted by Crippen LogP contribution is 2.13. The molecule has 88 valence electrons. The Morgan fingerprint density at radius 1 is 1.47 bits per heavy atom. The van der Waals surface area contributed by atoms with Crippen LogP contribution in [0.3, 0.4) is 0 Å². The summed E-state index contributed by atoms with van der Waals surface area (Å²) in [4.78, 5) is 14.4. The highest BCUT2D eigenvalue weighted by Gasteiger charge is 2.08. The summed E-state index contributed by atoms with van der Waals surface area (Å²) in [6.07, 6.45) is 3.93. The minimum absolute atomic E-state index is 0.104. The van der Waals surface area contributed by atoms with Crippen molar-refractivity contribution in [3.63, 3.8) is 0 Å². The Balaban J connectivity index is 2.10. The SMILES string of the molecule is O=C(O)CCCn1nnnc1-c1cccnc1. The summed E-state index contributed by atoms with van der Waals surface area (Å²) >= 11 is 0. The highest BCUT2D eigenvalue weighted by atomic mass is 16.4. The first-order chi connectivity index (χ1) is 8.27. The number of carbonyl (C=O) groups is 1.